The van der Waals surface area contributed by atoms with Crippen molar-refractivity contribution in [2.24, 2.45) is 5.16 Å². The van der Waals surface area contributed by atoms with E-state index in [1.54, 1.807) is 19.2 Å². The van der Waals surface area contributed by atoms with E-state index < -0.39 is 6.10 Å². The summed E-state index contributed by atoms with van der Waals surface area (Å²) in [6.07, 6.45) is -0.383. The lowest BCUT2D eigenvalue weighted by Crippen LogP contribution is -2.42. The predicted molar refractivity (Wildman–Crippen MR) is 85.4 cm³/mol. The van der Waals surface area contributed by atoms with E-state index in [9.17, 15) is 9.59 Å². The van der Waals surface area contributed by atoms with Crippen molar-refractivity contribution in [3.63, 3.8) is 0 Å². The first-order valence-electron chi connectivity index (χ1n) is 7.12. The molecule has 0 saturated carbocycles. The number of methoxy groups -OCH3 is 1. The molecule has 0 fully saturated rings. The van der Waals surface area contributed by atoms with Crippen molar-refractivity contribution in [2.75, 3.05) is 26.8 Å². The van der Waals surface area contributed by atoms with Gasteiger partial charge in [-0.1, -0.05) is 28.9 Å². The van der Waals surface area contributed by atoms with E-state index in [-0.39, 0.29) is 18.4 Å². The monoisotopic (exact) mass is 339 g/mol. The lowest BCUT2D eigenvalue weighted by atomic mass is 10.0. The van der Waals surface area contributed by atoms with Crippen molar-refractivity contribution < 1.29 is 19.2 Å². The fourth-order valence-electron chi connectivity index (χ4n) is 1.97. The molecule has 2 amide bonds. The normalized spacial score (nSPS) is 16.4. The van der Waals surface area contributed by atoms with Crippen LogP contribution in [0.2, 0.25) is 5.02 Å². The highest BCUT2D eigenvalue weighted by atomic mass is 35.5. The number of ether oxygens (including phenoxy) is 1. The summed E-state index contributed by atoms with van der Waals surface area (Å²) in [6.45, 7) is 0.706. The molecule has 2 rings (SSSR count). The highest BCUT2D eigenvalue weighted by Crippen LogP contribution is 2.18. The Bertz CT molecular complexity index is 589. The number of oxime groups is 1. The molecule has 0 radical (unpaired) electrons. The first kappa shape index (κ1) is 17.2. The average molecular weight is 340 g/mol. The molecule has 1 aromatic rings. The largest absolute Gasteiger partial charge is 0.383 e. The van der Waals surface area contributed by atoms with E-state index in [0.29, 0.717) is 30.3 Å². The van der Waals surface area contributed by atoms with Gasteiger partial charge in [0.1, 0.15) is 0 Å². The van der Waals surface area contributed by atoms with E-state index in [2.05, 4.69) is 15.8 Å². The van der Waals surface area contributed by atoms with Gasteiger partial charge in [0.15, 0.2) is 0 Å². The zero-order valence-electron chi connectivity index (χ0n) is 12.7. The fraction of sp³-hybridized carbons (Fsp3) is 0.400. The van der Waals surface area contributed by atoms with Crippen molar-refractivity contribution in [3.8, 4) is 0 Å². The summed E-state index contributed by atoms with van der Waals surface area (Å²) in [5, 5.41) is 9.68. The molecule has 124 valence electrons. The number of carbonyl (C=O) groups excluding carboxylic acids is 2. The standard InChI is InChI=1S/C15H18ClN3O4/c1-22-7-6-17-14(20)9-18-15(21)13-8-12(19-23-13)10-2-4-11(16)5-3-10/h2-5,13H,6-9H2,1H3,(H,17,20)(H,18,21)/t13-/m1/s1. The molecule has 8 heteroatoms. The van der Waals surface area contributed by atoms with E-state index in [1.165, 1.54) is 0 Å². The minimum absolute atomic E-state index is 0.112. The molecule has 1 aliphatic rings. The molecule has 1 aromatic carbocycles. The zero-order valence-corrected chi connectivity index (χ0v) is 13.4. The van der Waals surface area contributed by atoms with Gasteiger partial charge in [-0.05, 0) is 17.7 Å². The second-order valence-corrected chi connectivity index (χ2v) is 5.34. The van der Waals surface area contributed by atoms with Gasteiger partial charge in [0.2, 0.25) is 12.0 Å². The summed E-state index contributed by atoms with van der Waals surface area (Å²) in [5.74, 6) is -0.660. The maximum absolute atomic E-state index is 12.0. The Kier molecular flexibility index (Phi) is 6.37. The van der Waals surface area contributed by atoms with Crippen LogP contribution in [-0.2, 0) is 19.2 Å². The third kappa shape index (κ3) is 5.22. The number of hydrogen-bond acceptors (Lipinski definition) is 5. The van der Waals surface area contributed by atoms with Crippen LogP contribution in [0.25, 0.3) is 0 Å². The number of amides is 2. The molecule has 1 atom stereocenters. The Morgan fingerprint density at radius 2 is 2.09 bits per heavy atom. The van der Waals surface area contributed by atoms with Crippen LogP contribution in [0, 0.1) is 0 Å². The van der Waals surface area contributed by atoms with Gasteiger partial charge in [-0.15, -0.1) is 0 Å². The number of nitrogens with one attached hydrogen (secondary N) is 2. The summed E-state index contributed by atoms with van der Waals surface area (Å²) in [4.78, 5) is 28.6. The molecule has 0 saturated heterocycles. The van der Waals surface area contributed by atoms with Gasteiger partial charge in [0.05, 0.1) is 18.9 Å². The van der Waals surface area contributed by atoms with Crippen LogP contribution in [-0.4, -0.2) is 50.4 Å². The maximum Gasteiger partial charge on any atom is 0.264 e. The second-order valence-electron chi connectivity index (χ2n) is 4.90. The number of benzene rings is 1. The van der Waals surface area contributed by atoms with Gasteiger partial charge in [0.25, 0.3) is 5.91 Å². The molecular weight excluding hydrogens is 322 g/mol. The Balaban J connectivity index is 1.75. The predicted octanol–water partition coefficient (Wildman–Crippen LogP) is 0.712. The van der Waals surface area contributed by atoms with Crippen molar-refractivity contribution >= 4 is 29.1 Å². The van der Waals surface area contributed by atoms with Gasteiger partial charge in [-0.2, -0.15) is 0 Å². The Morgan fingerprint density at radius 3 is 2.78 bits per heavy atom. The van der Waals surface area contributed by atoms with Gasteiger partial charge >= 0.3 is 0 Å². The first-order chi connectivity index (χ1) is 11.1. The number of rotatable bonds is 7. The van der Waals surface area contributed by atoms with E-state index in [0.717, 1.165) is 5.56 Å². The quantitative estimate of drug-likeness (QED) is 0.716. The summed E-state index contributed by atoms with van der Waals surface area (Å²) in [7, 11) is 1.55. The van der Waals surface area contributed by atoms with Crippen molar-refractivity contribution in [2.45, 2.75) is 12.5 Å². The van der Waals surface area contributed by atoms with Crippen molar-refractivity contribution in [1.82, 2.24) is 10.6 Å². The Labute approximate surface area is 139 Å². The Hall–Kier alpha value is -2.12. The number of halogens is 1. The van der Waals surface area contributed by atoms with Gasteiger partial charge in [-0.3, -0.25) is 9.59 Å². The summed E-state index contributed by atoms with van der Waals surface area (Å²) in [5.41, 5.74) is 1.52. The highest BCUT2D eigenvalue weighted by Gasteiger charge is 2.28. The van der Waals surface area contributed by atoms with Crippen LogP contribution >= 0.6 is 11.6 Å². The maximum atomic E-state index is 12.0. The summed E-state index contributed by atoms with van der Waals surface area (Å²) in [6, 6.07) is 7.12. The minimum Gasteiger partial charge on any atom is -0.383 e. The molecule has 1 heterocycles. The van der Waals surface area contributed by atoms with Crippen LogP contribution in [0.5, 0.6) is 0 Å². The molecule has 0 unspecified atom stereocenters. The molecule has 0 bridgehead atoms. The number of carbonyl (C=O) groups is 2. The van der Waals surface area contributed by atoms with Crippen LogP contribution < -0.4 is 10.6 Å². The zero-order chi connectivity index (χ0) is 16.7. The summed E-state index contributed by atoms with van der Waals surface area (Å²) < 4.78 is 4.81. The number of hydrogen-bond donors (Lipinski definition) is 2. The second kappa shape index (κ2) is 8.50. The third-order valence-electron chi connectivity index (χ3n) is 3.19. The summed E-state index contributed by atoms with van der Waals surface area (Å²) >= 11 is 5.83. The molecule has 2 N–H and O–H groups in total. The fourth-order valence-corrected chi connectivity index (χ4v) is 2.09. The van der Waals surface area contributed by atoms with Crippen LogP contribution in [0.1, 0.15) is 12.0 Å². The molecule has 0 aromatic heterocycles. The topological polar surface area (TPSA) is 89.0 Å². The van der Waals surface area contributed by atoms with Crippen molar-refractivity contribution in [3.05, 3.63) is 34.9 Å². The van der Waals surface area contributed by atoms with Crippen LogP contribution in [0.15, 0.2) is 29.4 Å². The molecule has 23 heavy (non-hydrogen) atoms. The number of nitrogens with zero attached hydrogens (tertiary/aromatic N) is 1. The highest BCUT2D eigenvalue weighted by molar-refractivity contribution is 6.30. The average Bonchev–Trinajstić information content (AvgIpc) is 3.03. The lowest BCUT2D eigenvalue weighted by molar-refractivity contribution is -0.133. The van der Waals surface area contributed by atoms with E-state index in [1.807, 2.05) is 12.1 Å². The van der Waals surface area contributed by atoms with Crippen LogP contribution in [0.4, 0.5) is 0 Å². The smallest absolute Gasteiger partial charge is 0.264 e. The molecule has 1 aliphatic heterocycles. The molecule has 0 aliphatic carbocycles. The molecule has 0 spiro atoms. The van der Waals surface area contributed by atoms with Crippen molar-refractivity contribution in [1.29, 1.82) is 0 Å². The molecular formula is C15H18ClN3O4. The van der Waals surface area contributed by atoms with Gasteiger partial charge in [0, 0.05) is 25.1 Å². The Morgan fingerprint density at radius 1 is 1.35 bits per heavy atom. The van der Waals surface area contributed by atoms with E-state index in [4.69, 9.17) is 21.2 Å². The third-order valence-corrected chi connectivity index (χ3v) is 3.44. The minimum atomic E-state index is -0.729. The van der Waals surface area contributed by atoms with Crippen LogP contribution in [0.3, 0.4) is 0 Å². The van der Waals surface area contributed by atoms with Gasteiger partial charge in [-0.25, -0.2) is 0 Å². The lowest BCUT2D eigenvalue weighted by Gasteiger charge is -2.09. The van der Waals surface area contributed by atoms with Gasteiger partial charge < -0.3 is 20.2 Å². The first-order valence-corrected chi connectivity index (χ1v) is 7.50. The molecule has 7 nitrogen and oxygen atoms in total. The van der Waals surface area contributed by atoms with E-state index >= 15 is 0 Å². The SMILES string of the molecule is COCCNC(=O)CNC(=O)[C@H]1CC(c2ccc(Cl)cc2)=NO1.